The van der Waals surface area contributed by atoms with E-state index in [1.807, 2.05) is 42.7 Å². The third kappa shape index (κ3) is 3.85. The van der Waals surface area contributed by atoms with Crippen LogP contribution in [0.1, 0.15) is 23.5 Å². The maximum Gasteiger partial charge on any atom is 0.407 e. The highest BCUT2D eigenvalue weighted by Crippen LogP contribution is 2.44. The Morgan fingerprint density at radius 2 is 1.65 bits per heavy atom. The van der Waals surface area contributed by atoms with E-state index < -0.39 is 18.1 Å². The fourth-order valence-corrected chi connectivity index (χ4v) is 3.74. The molecule has 2 aromatic rings. The minimum Gasteiger partial charge on any atom is -0.449 e. The van der Waals surface area contributed by atoms with Crippen LogP contribution in [0, 0.1) is 0 Å². The molecule has 1 aliphatic rings. The highest BCUT2D eigenvalue weighted by Gasteiger charge is 2.29. The smallest absolute Gasteiger partial charge is 0.407 e. The molecule has 1 aliphatic carbocycles. The van der Waals surface area contributed by atoms with E-state index in [-0.39, 0.29) is 12.5 Å². The number of thioether (sulfide) groups is 1. The van der Waals surface area contributed by atoms with Crippen LogP contribution in [0.2, 0.25) is 0 Å². The molecule has 0 spiro atoms. The highest BCUT2D eigenvalue weighted by atomic mass is 32.2. The lowest BCUT2D eigenvalue weighted by Gasteiger charge is -2.16. The zero-order valence-corrected chi connectivity index (χ0v) is 15.3. The van der Waals surface area contributed by atoms with Gasteiger partial charge in [0.05, 0.1) is 0 Å². The molecule has 0 unspecified atom stereocenters. The van der Waals surface area contributed by atoms with Crippen molar-refractivity contribution in [3.63, 3.8) is 0 Å². The molecule has 1 radical (unpaired) electrons. The summed E-state index contributed by atoms with van der Waals surface area (Å²) >= 11 is 1.51. The minimum atomic E-state index is -1.30. The molecule has 0 heterocycles. The number of benzene rings is 2. The summed E-state index contributed by atoms with van der Waals surface area (Å²) < 4.78 is 5.35. The molecule has 26 heavy (non-hydrogen) atoms. The van der Waals surface area contributed by atoms with Crippen LogP contribution in [-0.2, 0) is 14.6 Å². The predicted molar refractivity (Wildman–Crippen MR) is 101 cm³/mol. The number of hydrogen-bond acceptors (Lipinski definition) is 4. The second kappa shape index (κ2) is 8.27. The van der Waals surface area contributed by atoms with E-state index in [2.05, 4.69) is 17.4 Å². The van der Waals surface area contributed by atoms with Crippen LogP contribution in [0.25, 0.3) is 11.1 Å². The quantitative estimate of drug-likeness (QED) is 0.808. The summed E-state index contributed by atoms with van der Waals surface area (Å²) in [5.41, 5.74) is 4.51. The topological polar surface area (TPSA) is 75.3 Å². The number of hydrogen-bond donors (Lipinski definition) is 1. The molecular formula is C20H20NO4S. The van der Waals surface area contributed by atoms with Gasteiger partial charge in [-0.25, -0.2) is 14.7 Å². The normalized spacial score (nSPS) is 13.6. The molecule has 0 bridgehead atoms. The Kier molecular flexibility index (Phi) is 5.83. The maximum atomic E-state index is 12.1. The Morgan fingerprint density at radius 1 is 1.08 bits per heavy atom. The van der Waals surface area contributed by atoms with Crippen molar-refractivity contribution in [1.82, 2.24) is 5.32 Å². The van der Waals surface area contributed by atoms with Crippen LogP contribution >= 0.6 is 11.8 Å². The highest BCUT2D eigenvalue weighted by molar-refractivity contribution is 7.98. The minimum absolute atomic E-state index is 0.0549. The number of alkyl carbamates (subject to hydrolysis) is 1. The van der Waals surface area contributed by atoms with Crippen molar-refractivity contribution in [3.8, 4) is 11.1 Å². The molecule has 1 amide bonds. The molecule has 1 N–H and O–H groups in total. The molecular weight excluding hydrogens is 350 g/mol. The first-order valence-corrected chi connectivity index (χ1v) is 9.82. The van der Waals surface area contributed by atoms with Crippen LogP contribution in [0.4, 0.5) is 4.79 Å². The van der Waals surface area contributed by atoms with Crippen LogP contribution in [0.3, 0.4) is 0 Å². The Balaban J connectivity index is 1.68. The van der Waals surface area contributed by atoms with E-state index in [1.54, 1.807) is 0 Å². The SMILES string of the molecule is CSCC[C@H](NC(=O)OCC1c2ccccc2-c2ccccc21)C([O])=O. The van der Waals surface area contributed by atoms with Crippen molar-refractivity contribution in [2.24, 2.45) is 0 Å². The molecule has 0 saturated heterocycles. The van der Waals surface area contributed by atoms with E-state index in [1.165, 1.54) is 11.8 Å². The molecule has 0 saturated carbocycles. The molecule has 3 rings (SSSR count). The Bertz CT molecular complexity index is 762. The molecule has 0 aliphatic heterocycles. The van der Waals surface area contributed by atoms with E-state index in [0.29, 0.717) is 12.2 Å². The van der Waals surface area contributed by atoms with E-state index in [4.69, 9.17) is 4.74 Å². The average molecular weight is 370 g/mol. The summed E-state index contributed by atoms with van der Waals surface area (Å²) in [6.45, 7) is 0.155. The van der Waals surface area contributed by atoms with Gasteiger partial charge in [0.1, 0.15) is 12.6 Å². The van der Waals surface area contributed by atoms with Gasteiger partial charge in [-0.15, -0.1) is 0 Å². The Hall–Kier alpha value is -2.47. The standard InChI is InChI=1S/C20H20NO4S/c1-26-11-10-18(19(22)23)21-20(24)25-12-17-15-8-4-2-6-13(15)14-7-3-5-9-16(14)17/h2-9,17-18H,10-12H2,1H3,(H,21,24)/t18-/m0/s1. The molecule has 5 nitrogen and oxygen atoms in total. The summed E-state index contributed by atoms with van der Waals surface area (Å²) in [5, 5.41) is 13.5. The van der Waals surface area contributed by atoms with Gasteiger partial charge in [-0.3, -0.25) is 0 Å². The van der Waals surface area contributed by atoms with Crippen molar-refractivity contribution in [2.75, 3.05) is 18.6 Å². The van der Waals surface area contributed by atoms with Crippen molar-refractivity contribution in [2.45, 2.75) is 18.4 Å². The number of fused-ring (bicyclic) bond motifs is 3. The van der Waals surface area contributed by atoms with Gasteiger partial charge in [0.25, 0.3) is 0 Å². The molecule has 1 atom stereocenters. The van der Waals surface area contributed by atoms with Crippen molar-refractivity contribution in [3.05, 3.63) is 59.7 Å². The summed E-state index contributed by atoms with van der Waals surface area (Å²) in [6.07, 6.45) is 1.44. The second-order valence-corrected chi connectivity index (χ2v) is 7.11. The third-order valence-electron chi connectivity index (χ3n) is 4.53. The average Bonchev–Trinajstić information content (AvgIpc) is 2.97. The fraction of sp³-hybridized carbons (Fsp3) is 0.300. The van der Waals surface area contributed by atoms with Crippen LogP contribution in [-0.4, -0.2) is 36.7 Å². The summed E-state index contributed by atoms with van der Waals surface area (Å²) in [7, 11) is 0. The van der Waals surface area contributed by atoms with Gasteiger partial charge < -0.3 is 10.1 Å². The van der Waals surface area contributed by atoms with Crippen LogP contribution < -0.4 is 5.32 Å². The number of rotatable bonds is 7. The number of ether oxygens (including phenoxy) is 1. The van der Waals surface area contributed by atoms with Gasteiger partial charge in [-0.1, -0.05) is 48.5 Å². The van der Waals surface area contributed by atoms with Crippen LogP contribution in [0.15, 0.2) is 48.5 Å². The lowest BCUT2D eigenvalue weighted by Crippen LogP contribution is -2.41. The van der Waals surface area contributed by atoms with Crippen LogP contribution in [0.5, 0.6) is 0 Å². The lowest BCUT2D eigenvalue weighted by atomic mass is 9.98. The van der Waals surface area contributed by atoms with E-state index in [9.17, 15) is 14.7 Å². The monoisotopic (exact) mass is 370 g/mol. The Labute approximate surface area is 156 Å². The maximum absolute atomic E-state index is 12.1. The van der Waals surface area contributed by atoms with E-state index >= 15 is 0 Å². The third-order valence-corrected chi connectivity index (χ3v) is 5.17. The first kappa shape index (κ1) is 18.3. The predicted octanol–water partition coefficient (Wildman–Crippen LogP) is 3.60. The zero-order chi connectivity index (χ0) is 18.5. The zero-order valence-electron chi connectivity index (χ0n) is 14.4. The van der Waals surface area contributed by atoms with Gasteiger partial charge in [-0.2, -0.15) is 11.8 Å². The van der Waals surface area contributed by atoms with Crippen molar-refractivity contribution in [1.29, 1.82) is 0 Å². The Morgan fingerprint density at radius 3 is 2.19 bits per heavy atom. The van der Waals surface area contributed by atoms with Gasteiger partial charge in [-0.05, 0) is 40.7 Å². The fourth-order valence-electron chi connectivity index (χ4n) is 3.27. The molecule has 0 aromatic heterocycles. The van der Waals surface area contributed by atoms with Gasteiger partial charge in [0.15, 0.2) is 0 Å². The van der Waals surface area contributed by atoms with Gasteiger partial charge >= 0.3 is 12.1 Å². The number of nitrogens with one attached hydrogen (secondary N) is 1. The molecule has 0 fully saturated rings. The summed E-state index contributed by atoms with van der Waals surface area (Å²) in [6, 6.07) is 15.0. The summed E-state index contributed by atoms with van der Waals surface area (Å²) in [4.78, 5) is 23.2. The molecule has 2 aromatic carbocycles. The largest absolute Gasteiger partial charge is 0.449 e. The summed E-state index contributed by atoms with van der Waals surface area (Å²) in [5.74, 6) is -0.740. The van der Waals surface area contributed by atoms with E-state index in [0.717, 1.165) is 22.3 Å². The number of carbonyl (C=O) groups excluding carboxylic acids is 2. The lowest BCUT2D eigenvalue weighted by molar-refractivity contribution is -0.145. The van der Waals surface area contributed by atoms with Gasteiger partial charge in [0, 0.05) is 5.92 Å². The molecule has 6 heteroatoms. The molecule has 135 valence electrons. The van der Waals surface area contributed by atoms with Crippen molar-refractivity contribution < 1.29 is 19.4 Å². The number of carbonyl (C=O) groups is 2. The van der Waals surface area contributed by atoms with Gasteiger partial charge in [0.2, 0.25) is 0 Å². The first-order chi connectivity index (χ1) is 12.6. The number of amides is 1. The second-order valence-electron chi connectivity index (χ2n) is 6.12. The van der Waals surface area contributed by atoms with Crippen molar-refractivity contribution >= 4 is 23.8 Å². The first-order valence-electron chi connectivity index (χ1n) is 8.43.